The molecule has 0 aliphatic carbocycles. The summed E-state index contributed by atoms with van der Waals surface area (Å²) in [5, 5.41) is 5.39. The molecular formula is C25H24FN7O2S. The van der Waals surface area contributed by atoms with Gasteiger partial charge in [-0.25, -0.2) is 14.4 Å². The van der Waals surface area contributed by atoms with Crippen molar-refractivity contribution in [2.45, 2.75) is 19.4 Å². The summed E-state index contributed by atoms with van der Waals surface area (Å²) in [7, 11) is 0. The quantitative estimate of drug-likeness (QED) is 0.467. The number of nitrogens with one attached hydrogen (secondary N) is 2. The number of pyridine rings is 2. The molecule has 3 aromatic heterocycles. The van der Waals surface area contributed by atoms with Crippen LogP contribution >= 0.6 is 11.8 Å². The first-order valence-corrected chi connectivity index (χ1v) is 12.5. The molecule has 0 unspecified atom stereocenters. The van der Waals surface area contributed by atoms with Gasteiger partial charge in [-0.2, -0.15) is 0 Å². The van der Waals surface area contributed by atoms with Crippen LogP contribution in [0.15, 0.2) is 54.0 Å². The zero-order valence-corrected chi connectivity index (χ0v) is 20.2. The number of halogens is 1. The number of nitrogens with zero attached hydrogens (tertiary/aromatic N) is 5. The fourth-order valence-electron chi connectivity index (χ4n) is 4.22. The first kappa shape index (κ1) is 24.0. The van der Waals surface area contributed by atoms with Crippen molar-refractivity contribution in [3.63, 3.8) is 0 Å². The average Bonchev–Trinajstić information content (AvgIpc) is 3.21. The van der Waals surface area contributed by atoms with E-state index >= 15 is 0 Å². The maximum Gasteiger partial charge on any atom is 0.290 e. The number of carbonyl (C=O) groups excluding carboxylic acids is 2. The summed E-state index contributed by atoms with van der Waals surface area (Å²) in [5.74, 6) is 0.366. The van der Waals surface area contributed by atoms with Crippen LogP contribution in [0.1, 0.15) is 24.1 Å². The van der Waals surface area contributed by atoms with Gasteiger partial charge in [0.2, 0.25) is 5.95 Å². The summed E-state index contributed by atoms with van der Waals surface area (Å²) < 4.78 is 14.0. The third-order valence-electron chi connectivity index (χ3n) is 6.12. The number of hydrogen-bond acceptors (Lipinski definition) is 9. The largest absolute Gasteiger partial charge is 0.341 e. The van der Waals surface area contributed by atoms with Gasteiger partial charge in [-0.05, 0) is 73.0 Å². The van der Waals surface area contributed by atoms with Crippen molar-refractivity contribution < 1.29 is 14.0 Å². The van der Waals surface area contributed by atoms with Gasteiger partial charge in [0.15, 0.2) is 5.82 Å². The minimum atomic E-state index is -0.397. The number of aromatic nitrogens is 4. The van der Waals surface area contributed by atoms with Gasteiger partial charge in [-0.1, -0.05) is 0 Å². The number of amides is 2. The van der Waals surface area contributed by atoms with E-state index in [1.54, 1.807) is 36.8 Å². The smallest absolute Gasteiger partial charge is 0.290 e. The summed E-state index contributed by atoms with van der Waals surface area (Å²) >= 11 is 0.874. The molecule has 9 nitrogen and oxygen atoms in total. The van der Waals surface area contributed by atoms with Gasteiger partial charge >= 0.3 is 0 Å². The number of piperidine rings is 1. The van der Waals surface area contributed by atoms with E-state index < -0.39 is 5.91 Å². The van der Waals surface area contributed by atoms with Crippen LogP contribution in [0.2, 0.25) is 0 Å². The lowest BCUT2D eigenvalue weighted by atomic mass is 9.97. The van der Waals surface area contributed by atoms with Crippen molar-refractivity contribution in [2.75, 3.05) is 24.5 Å². The summed E-state index contributed by atoms with van der Waals surface area (Å²) in [5.41, 5.74) is 2.68. The molecule has 0 bridgehead atoms. The van der Waals surface area contributed by atoms with Crippen molar-refractivity contribution in [3.05, 3.63) is 71.0 Å². The number of rotatable bonds is 7. The van der Waals surface area contributed by atoms with Gasteiger partial charge in [0.1, 0.15) is 0 Å². The SMILES string of the molecule is O=C1NC(=O)C(=Cc2ccnc(N3CCC(CNCc4ccnc(-c5ccncc5F)c4)CC3)n2)S1. The third kappa shape index (κ3) is 5.74. The standard InChI is InChI=1S/C25H24FN7O2S/c26-20-15-27-6-3-19(20)21-11-17(1-7-29-21)14-28-13-16-4-9-33(10-5-16)24-30-8-2-18(31-24)12-22-23(34)32-25(35)36-22/h1-3,6-8,11-12,15-16,28H,4-5,9-10,13-14H2,(H,32,34,35). The third-order valence-corrected chi connectivity index (χ3v) is 6.93. The summed E-state index contributed by atoms with van der Waals surface area (Å²) in [6.45, 7) is 3.22. The van der Waals surface area contributed by atoms with E-state index in [9.17, 15) is 14.0 Å². The van der Waals surface area contributed by atoms with Crippen molar-refractivity contribution in [3.8, 4) is 11.3 Å². The van der Waals surface area contributed by atoms with Crippen LogP contribution in [0.5, 0.6) is 0 Å². The molecule has 0 saturated carbocycles. The monoisotopic (exact) mass is 505 g/mol. The highest BCUT2D eigenvalue weighted by molar-refractivity contribution is 8.18. The van der Waals surface area contributed by atoms with E-state index in [4.69, 9.17) is 0 Å². The molecule has 2 amide bonds. The van der Waals surface area contributed by atoms with Crippen LogP contribution < -0.4 is 15.5 Å². The maximum absolute atomic E-state index is 14.0. The lowest BCUT2D eigenvalue weighted by Crippen LogP contribution is -2.38. The van der Waals surface area contributed by atoms with E-state index in [-0.39, 0.29) is 11.1 Å². The van der Waals surface area contributed by atoms with Gasteiger partial charge in [0.05, 0.1) is 22.5 Å². The lowest BCUT2D eigenvalue weighted by molar-refractivity contribution is -0.115. The Morgan fingerprint density at radius 2 is 1.97 bits per heavy atom. The summed E-state index contributed by atoms with van der Waals surface area (Å²) in [6.07, 6.45) is 9.73. The molecule has 2 N–H and O–H groups in total. The van der Waals surface area contributed by atoms with Crippen LogP contribution in [0.4, 0.5) is 15.1 Å². The topological polar surface area (TPSA) is 113 Å². The van der Waals surface area contributed by atoms with Crippen molar-refractivity contribution >= 4 is 34.9 Å². The molecule has 2 saturated heterocycles. The zero-order chi connectivity index (χ0) is 24.9. The highest BCUT2D eigenvalue weighted by atomic mass is 32.2. The Hall–Kier alpha value is -3.70. The van der Waals surface area contributed by atoms with Gasteiger partial charge in [-0.15, -0.1) is 0 Å². The molecule has 2 aliphatic rings. The average molecular weight is 506 g/mol. The molecular weight excluding hydrogens is 481 g/mol. The molecule has 2 fully saturated rings. The number of carbonyl (C=O) groups is 2. The molecule has 11 heteroatoms. The first-order valence-electron chi connectivity index (χ1n) is 11.6. The van der Waals surface area contributed by atoms with Crippen molar-refractivity contribution in [1.82, 2.24) is 30.6 Å². The Labute approximate surface area is 211 Å². The van der Waals surface area contributed by atoms with E-state index in [2.05, 4.69) is 35.5 Å². The minimum absolute atomic E-state index is 0.335. The Kier molecular flexibility index (Phi) is 7.28. The Balaban J connectivity index is 1.12. The first-order chi connectivity index (χ1) is 17.5. The molecule has 36 heavy (non-hydrogen) atoms. The zero-order valence-electron chi connectivity index (χ0n) is 19.4. The molecule has 0 aromatic carbocycles. The second kappa shape index (κ2) is 10.9. The van der Waals surface area contributed by atoms with Gasteiger partial charge in [0, 0.05) is 43.8 Å². The van der Waals surface area contributed by atoms with E-state index in [0.29, 0.717) is 40.3 Å². The Morgan fingerprint density at radius 3 is 2.75 bits per heavy atom. The second-order valence-corrected chi connectivity index (χ2v) is 9.61. The lowest BCUT2D eigenvalue weighted by Gasteiger charge is -2.32. The normalized spacial score (nSPS) is 17.6. The van der Waals surface area contributed by atoms with E-state index in [1.165, 1.54) is 6.20 Å². The minimum Gasteiger partial charge on any atom is -0.341 e. The number of anilines is 1. The number of hydrogen-bond donors (Lipinski definition) is 2. The van der Waals surface area contributed by atoms with Crippen molar-refractivity contribution in [2.24, 2.45) is 5.92 Å². The molecule has 184 valence electrons. The molecule has 0 radical (unpaired) electrons. The fourth-order valence-corrected chi connectivity index (χ4v) is 4.89. The van der Waals surface area contributed by atoms with Crippen LogP contribution in [-0.2, 0) is 11.3 Å². The Bertz CT molecular complexity index is 1310. The van der Waals surface area contributed by atoms with Crippen LogP contribution in [-0.4, -0.2) is 50.7 Å². The molecule has 2 aliphatic heterocycles. The number of thioether (sulfide) groups is 1. The van der Waals surface area contributed by atoms with Crippen LogP contribution in [0.25, 0.3) is 17.3 Å². The highest BCUT2D eigenvalue weighted by Crippen LogP contribution is 2.26. The Morgan fingerprint density at radius 1 is 1.14 bits per heavy atom. The van der Waals surface area contributed by atoms with Gasteiger partial charge in [-0.3, -0.25) is 24.9 Å². The van der Waals surface area contributed by atoms with Gasteiger partial charge in [0.25, 0.3) is 11.1 Å². The highest BCUT2D eigenvalue weighted by Gasteiger charge is 2.25. The molecule has 5 rings (SSSR count). The molecule has 5 heterocycles. The van der Waals surface area contributed by atoms with Crippen LogP contribution in [0.3, 0.4) is 0 Å². The molecule has 0 atom stereocenters. The van der Waals surface area contributed by atoms with Crippen molar-refractivity contribution in [1.29, 1.82) is 0 Å². The fraction of sp³-hybridized carbons (Fsp3) is 0.280. The molecule has 0 spiro atoms. The number of imide groups is 1. The van der Waals surface area contributed by atoms with Gasteiger partial charge < -0.3 is 10.2 Å². The predicted octanol–water partition coefficient (Wildman–Crippen LogP) is 3.40. The summed E-state index contributed by atoms with van der Waals surface area (Å²) in [4.78, 5) is 42.7. The predicted molar refractivity (Wildman–Crippen MR) is 135 cm³/mol. The maximum atomic E-state index is 14.0. The van der Waals surface area contributed by atoms with E-state index in [0.717, 1.165) is 49.8 Å². The summed E-state index contributed by atoms with van der Waals surface area (Å²) in [6, 6.07) is 7.18. The van der Waals surface area contributed by atoms with E-state index in [1.807, 2.05) is 12.1 Å². The second-order valence-electron chi connectivity index (χ2n) is 8.60. The molecule has 3 aromatic rings. The van der Waals surface area contributed by atoms with Crippen LogP contribution in [0, 0.1) is 11.7 Å².